The van der Waals surface area contributed by atoms with E-state index < -0.39 is 0 Å². The Labute approximate surface area is 340 Å². The van der Waals surface area contributed by atoms with E-state index in [9.17, 15) is 0 Å². The van der Waals surface area contributed by atoms with Crippen molar-refractivity contribution in [2.24, 2.45) is 5.41 Å². The molecule has 2 unspecified atom stereocenters. The van der Waals surface area contributed by atoms with Crippen molar-refractivity contribution < 1.29 is 9.13 Å². The van der Waals surface area contributed by atoms with Gasteiger partial charge in [-0.05, 0) is 138 Å². The molecule has 0 spiro atoms. The predicted molar refractivity (Wildman–Crippen MR) is 237 cm³/mol. The van der Waals surface area contributed by atoms with Crippen LogP contribution >= 0.6 is 0 Å². The second-order valence-corrected chi connectivity index (χ2v) is 19.4. The molecule has 2 atom stereocenters. The van der Waals surface area contributed by atoms with Gasteiger partial charge in [-0.3, -0.25) is 0 Å². The number of benzene rings is 3. The molecule has 2 nitrogen and oxygen atoms in total. The zero-order valence-corrected chi connectivity index (χ0v) is 37.2. The molecule has 0 radical (unpaired) electrons. The summed E-state index contributed by atoms with van der Waals surface area (Å²) in [5, 5.41) is 0. The van der Waals surface area contributed by atoms with Crippen LogP contribution in [0.25, 0.3) is 33.6 Å². The first-order chi connectivity index (χ1) is 26.5. The quantitative estimate of drug-likeness (QED) is 0.119. The van der Waals surface area contributed by atoms with Crippen molar-refractivity contribution in [1.29, 1.82) is 0 Å². The molecule has 294 valence electrons. The second kappa shape index (κ2) is 14.4. The van der Waals surface area contributed by atoms with E-state index in [1.165, 1.54) is 85.4 Å². The van der Waals surface area contributed by atoms with Crippen molar-refractivity contribution in [2.45, 2.75) is 163 Å². The van der Waals surface area contributed by atoms with Crippen molar-refractivity contribution in [3.05, 3.63) is 130 Å². The molecular weight excluding hydrogens is 677 g/mol. The number of hydrogen-bond acceptors (Lipinski definition) is 0. The average molecular weight is 747 g/mol. The van der Waals surface area contributed by atoms with Gasteiger partial charge in [0.1, 0.15) is 6.54 Å². The fraction of sp³-hybridized carbons (Fsp3) is 0.481. The minimum atomic E-state index is -0.0566. The van der Waals surface area contributed by atoms with Crippen LogP contribution in [0.3, 0.4) is 0 Å². The number of unbranched alkanes of at least 4 members (excludes halogenated alkanes) is 1. The topological polar surface area (TPSA) is 7.76 Å². The Kier molecular flexibility index (Phi) is 10.3. The van der Waals surface area contributed by atoms with E-state index >= 15 is 0 Å². The molecule has 0 bridgehead atoms. The fourth-order valence-corrected chi connectivity index (χ4v) is 11.5. The first-order valence-corrected chi connectivity index (χ1v) is 21.9. The van der Waals surface area contributed by atoms with Gasteiger partial charge in [0.25, 0.3) is 0 Å². The fourth-order valence-electron chi connectivity index (χ4n) is 11.5. The van der Waals surface area contributed by atoms with Crippen LogP contribution < -0.4 is 9.13 Å². The molecule has 1 aliphatic carbocycles. The van der Waals surface area contributed by atoms with Crippen LogP contribution in [0.1, 0.15) is 147 Å². The minimum absolute atomic E-state index is 0.0341. The predicted octanol–water partition coefficient (Wildman–Crippen LogP) is 13.4. The standard InChI is InChI=1S/C54H70N2/c1-14-17-23-40-27-26-37(4)49(39(40)6)41-28-29-44-43(35-41)48-25-19-21-33-56(48)54(16-3,53(44,13)15-2)30-22-32-55-31-20-18-24-47(55)42-36-46-45(34-38(42)5)50(7,8)52(11,12)51(46,9)10/h18-21,24-29,31,33-36H,14-17,22-23,30,32H2,1-13H3/q+2. The van der Waals surface area contributed by atoms with Gasteiger partial charge in [-0.1, -0.05) is 99.1 Å². The maximum Gasteiger partial charge on any atom is 0.213 e. The normalized spacial score (nSPS) is 21.4. The number of rotatable bonds is 11. The summed E-state index contributed by atoms with van der Waals surface area (Å²) in [6, 6.07) is 30.9. The van der Waals surface area contributed by atoms with Gasteiger partial charge in [0, 0.05) is 49.1 Å². The van der Waals surface area contributed by atoms with Crippen LogP contribution in [-0.2, 0) is 34.7 Å². The Morgan fingerprint density at radius 2 is 1.27 bits per heavy atom. The van der Waals surface area contributed by atoms with Crippen LogP contribution in [0, 0.1) is 26.2 Å². The first-order valence-electron chi connectivity index (χ1n) is 21.9. The van der Waals surface area contributed by atoms with Gasteiger partial charge in [-0.15, -0.1) is 0 Å². The molecule has 0 saturated heterocycles. The smallest absolute Gasteiger partial charge is 0.198 e. The molecule has 7 rings (SSSR count). The van der Waals surface area contributed by atoms with Crippen molar-refractivity contribution in [1.82, 2.24) is 0 Å². The molecule has 3 aromatic carbocycles. The summed E-state index contributed by atoms with van der Waals surface area (Å²) in [6.45, 7) is 32.4. The third-order valence-electron chi connectivity index (χ3n) is 16.4. The zero-order chi connectivity index (χ0) is 40.4. The lowest BCUT2D eigenvalue weighted by Crippen LogP contribution is -2.69. The van der Waals surface area contributed by atoms with E-state index in [1.807, 2.05) is 0 Å². The van der Waals surface area contributed by atoms with Crippen molar-refractivity contribution in [3.63, 3.8) is 0 Å². The van der Waals surface area contributed by atoms with Crippen molar-refractivity contribution >= 4 is 0 Å². The second-order valence-electron chi connectivity index (χ2n) is 19.4. The molecule has 0 N–H and O–H groups in total. The molecule has 0 amide bonds. The molecule has 5 aromatic rings. The molecule has 56 heavy (non-hydrogen) atoms. The Balaban J connectivity index is 1.26. The number of pyridine rings is 2. The lowest BCUT2D eigenvalue weighted by Gasteiger charge is -2.48. The van der Waals surface area contributed by atoms with Gasteiger partial charge >= 0.3 is 0 Å². The monoisotopic (exact) mass is 747 g/mol. The van der Waals surface area contributed by atoms with E-state index in [2.05, 4.69) is 190 Å². The molecular formula is C54H70N2+2. The van der Waals surface area contributed by atoms with E-state index in [0.29, 0.717) is 0 Å². The number of fused-ring (bicyclic) bond motifs is 4. The summed E-state index contributed by atoms with van der Waals surface area (Å²) in [7, 11) is 0. The van der Waals surface area contributed by atoms with Gasteiger partial charge in [0.05, 0.1) is 11.0 Å². The van der Waals surface area contributed by atoms with Gasteiger partial charge in [-0.2, -0.15) is 9.13 Å². The van der Waals surface area contributed by atoms with Crippen molar-refractivity contribution in [3.8, 4) is 33.6 Å². The first kappa shape index (κ1) is 40.2. The van der Waals surface area contributed by atoms with Gasteiger partial charge in [-0.25, -0.2) is 0 Å². The number of nitrogens with zero attached hydrogens (tertiary/aromatic N) is 2. The maximum absolute atomic E-state index is 2.70. The summed E-state index contributed by atoms with van der Waals surface area (Å²) >= 11 is 0. The third-order valence-corrected chi connectivity index (χ3v) is 16.4. The summed E-state index contributed by atoms with van der Waals surface area (Å²) in [6.07, 6.45) is 12.7. The number of aromatic nitrogens is 2. The Bertz CT molecular complexity index is 2280. The van der Waals surface area contributed by atoms with E-state index in [0.717, 1.165) is 38.6 Å². The van der Waals surface area contributed by atoms with Crippen LogP contribution in [0.2, 0.25) is 0 Å². The highest BCUT2D eigenvalue weighted by Gasteiger charge is 2.59. The summed E-state index contributed by atoms with van der Waals surface area (Å²) in [4.78, 5) is 0. The van der Waals surface area contributed by atoms with Gasteiger partial charge in [0.2, 0.25) is 11.4 Å². The molecule has 0 fully saturated rings. The molecule has 2 aliphatic rings. The molecule has 3 heterocycles. The van der Waals surface area contributed by atoms with Crippen LogP contribution in [-0.4, -0.2) is 0 Å². The van der Waals surface area contributed by atoms with E-state index in [-0.39, 0.29) is 27.2 Å². The minimum Gasteiger partial charge on any atom is -0.198 e. The third kappa shape index (κ3) is 5.78. The molecule has 2 aromatic heterocycles. The molecule has 1 aliphatic heterocycles. The highest BCUT2D eigenvalue weighted by atomic mass is 15.1. The molecule has 0 saturated carbocycles. The van der Waals surface area contributed by atoms with Gasteiger partial charge in [0.15, 0.2) is 17.9 Å². The van der Waals surface area contributed by atoms with Gasteiger partial charge < -0.3 is 0 Å². The van der Waals surface area contributed by atoms with Crippen LogP contribution in [0.5, 0.6) is 0 Å². The molecule has 2 heteroatoms. The Hall–Kier alpha value is -4.04. The average Bonchev–Trinajstić information content (AvgIpc) is 3.28. The zero-order valence-electron chi connectivity index (χ0n) is 37.2. The highest BCUT2D eigenvalue weighted by molar-refractivity contribution is 5.79. The maximum atomic E-state index is 2.70. The lowest BCUT2D eigenvalue weighted by atomic mass is 9.58. The van der Waals surface area contributed by atoms with Crippen molar-refractivity contribution in [2.75, 3.05) is 0 Å². The van der Waals surface area contributed by atoms with E-state index in [1.54, 1.807) is 0 Å². The van der Waals surface area contributed by atoms with Crippen LogP contribution in [0.4, 0.5) is 0 Å². The summed E-state index contributed by atoms with van der Waals surface area (Å²) < 4.78 is 5.24. The highest BCUT2D eigenvalue weighted by Crippen LogP contribution is 2.62. The number of aryl methyl sites for hydroxylation is 4. The van der Waals surface area contributed by atoms with E-state index in [4.69, 9.17) is 0 Å². The Morgan fingerprint density at radius 1 is 0.589 bits per heavy atom. The summed E-state index contributed by atoms with van der Waals surface area (Å²) in [5.41, 5.74) is 18.7. The largest absolute Gasteiger partial charge is 0.213 e. The Morgan fingerprint density at radius 3 is 1.95 bits per heavy atom. The summed E-state index contributed by atoms with van der Waals surface area (Å²) in [5.74, 6) is 0. The van der Waals surface area contributed by atoms with Crippen LogP contribution in [0.15, 0.2) is 91.3 Å². The lowest BCUT2D eigenvalue weighted by molar-refractivity contribution is -0.771. The number of hydrogen-bond donors (Lipinski definition) is 0. The SMILES string of the molecule is CCCCc1ccc(C)c(-c2ccc3c(c2)-c2cccc[n+]2C(CC)(CCC[n+]2ccccc2-c2cc4c(cc2C)C(C)(C)C(C)(C)C4(C)C)C3(C)CC)c1C.